The van der Waals surface area contributed by atoms with Crippen molar-refractivity contribution in [3.63, 3.8) is 0 Å². The van der Waals surface area contributed by atoms with Crippen molar-refractivity contribution in [3.8, 4) is 11.5 Å². The third-order valence-corrected chi connectivity index (χ3v) is 7.25. The van der Waals surface area contributed by atoms with Gasteiger partial charge in [0.1, 0.15) is 11.5 Å². The van der Waals surface area contributed by atoms with Gasteiger partial charge in [-0.1, -0.05) is 36.4 Å². The number of benzene rings is 3. The molecule has 3 aromatic rings. The van der Waals surface area contributed by atoms with Crippen molar-refractivity contribution in [2.45, 2.75) is 17.7 Å². The molecular formula is C23H23NO5S. The Morgan fingerprint density at radius 2 is 1.73 bits per heavy atom. The normalized spacial score (nSPS) is 17.6. The molecule has 7 heteroatoms. The highest BCUT2D eigenvalue weighted by atomic mass is 32.2. The van der Waals surface area contributed by atoms with Gasteiger partial charge in [-0.3, -0.25) is 4.79 Å². The molecule has 1 heterocycles. The van der Waals surface area contributed by atoms with Crippen molar-refractivity contribution >= 4 is 26.8 Å². The zero-order chi connectivity index (χ0) is 21.1. The highest BCUT2D eigenvalue weighted by Gasteiger charge is 2.34. The van der Waals surface area contributed by atoms with E-state index < -0.39 is 21.9 Å². The Balaban J connectivity index is 1.51. The van der Waals surface area contributed by atoms with E-state index in [-0.39, 0.29) is 11.4 Å². The maximum absolute atomic E-state index is 13.0. The monoisotopic (exact) mass is 425 g/mol. The van der Waals surface area contributed by atoms with E-state index in [4.69, 9.17) is 9.47 Å². The minimum absolute atomic E-state index is 0.109. The average molecular weight is 426 g/mol. The average Bonchev–Trinajstić information content (AvgIpc) is 2.79. The van der Waals surface area contributed by atoms with E-state index >= 15 is 0 Å². The fourth-order valence-corrected chi connectivity index (χ4v) is 5.25. The van der Waals surface area contributed by atoms with Crippen LogP contribution < -0.4 is 9.47 Å². The van der Waals surface area contributed by atoms with Gasteiger partial charge in [0, 0.05) is 18.5 Å². The number of rotatable bonds is 5. The molecule has 1 aliphatic heterocycles. The van der Waals surface area contributed by atoms with Crippen LogP contribution in [0.25, 0.3) is 10.8 Å². The Morgan fingerprint density at radius 1 is 1.00 bits per heavy atom. The lowest BCUT2D eigenvalue weighted by Gasteiger charge is -2.30. The molecule has 0 radical (unpaired) electrons. The van der Waals surface area contributed by atoms with Crippen LogP contribution in [0.3, 0.4) is 0 Å². The second-order valence-corrected chi connectivity index (χ2v) is 9.21. The molecule has 1 atom stereocenters. The quantitative estimate of drug-likeness (QED) is 0.459. The van der Waals surface area contributed by atoms with E-state index in [0.717, 1.165) is 10.8 Å². The number of fused-ring (bicyclic) bond motifs is 1. The molecule has 1 fully saturated rings. The van der Waals surface area contributed by atoms with Crippen molar-refractivity contribution in [1.82, 2.24) is 4.31 Å². The SMILES string of the molecule is COc1ccc(S(=O)(=O)N2CCCC(C(=O)Oc3cccc4ccccc34)C2)cc1. The van der Waals surface area contributed by atoms with Gasteiger partial charge in [-0.05, 0) is 48.6 Å². The molecule has 156 valence electrons. The van der Waals surface area contributed by atoms with Crippen LogP contribution in [0, 0.1) is 5.92 Å². The van der Waals surface area contributed by atoms with E-state index in [9.17, 15) is 13.2 Å². The van der Waals surface area contributed by atoms with Crippen LogP contribution in [-0.2, 0) is 14.8 Å². The number of hydrogen-bond acceptors (Lipinski definition) is 5. The first-order valence-corrected chi connectivity index (χ1v) is 11.3. The molecule has 0 N–H and O–H groups in total. The third-order valence-electron chi connectivity index (χ3n) is 5.37. The highest BCUT2D eigenvalue weighted by molar-refractivity contribution is 7.89. The van der Waals surface area contributed by atoms with Crippen LogP contribution in [-0.4, -0.2) is 38.9 Å². The van der Waals surface area contributed by atoms with Gasteiger partial charge in [0.25, 0.3) is 0 Å². The van der Waals surface area contributed by atoms with Gasteiger partial charge in [0.2, 0.25) is 10.0 Å². The third kappa shape index (κ3) is 4.04. The number of methoxy groups -OCH3 is 1. The number of ether oxygens (including phenoxy) is 2. The summed E-state index contributed by atoms with van der Waals surface area (Å²) in [4.78, 5) is 13.0. The second kappa shape index (κ2) is 8.45. The van der Waals surface area contributed by atoms with Gasteiger partial charge in [-0.2, -0.15) is 4.31 Å². The van der Waals surface area contributed by atoms with Gasteiger partial charge in [-0.15, -0.1) is 0 Å². The van der Waals surface area contributed by atoms with E-state index in [2.05, 4.69) is 0 Å². The number of piperidine rings is 1. The summed E-state index contributed by atoms with van der Waals surface area (Å²) >= 11 is 0. The minimum atomic E-state index is -3.69. The summed E-state index contributed by atoms with van der Waals surface area (Å²) in [5.41, 5.74) is 0. The molecule has 30 heavy (non-hydrogen) atoms. The van der Waals surface area contributed by atoms with E-state index in [0.29, 0.717) is 30.9 Å². The summed E-state index contributed by atoms with van der Waals surface area (Å²) in [5.74, 6) is 0.170. The number of esters is 1. The number of nitrogens with zero attached hydrogens (tertiary/aromatic N) is 1. The molecule has 1 aliphatic rings. The molecule has 4 rings (SSSR count). The number of carbonyl (C=O) groups excluding carboxylic acids is 1. The lowest BCUT2D eigenvalue weighted by atomic mass is 10.00. The van der Waals surface area contributed by atoms with Crippen molar-refractivity contribution < 1.29 is 22.7 Å². The predicted octanol–water partition coefficient (Wildman–Crippen LogP) is 3.85. The van der Waals surface area contributed by atoms with Gasteiger partial charge >= 0.3 is 5.97 Å². The van der Waals surface area contributed by atoms with Crippen LogP contribution >= 0.6 is 0 Å². The molecule has 0 saturated carbocycles. The van der Waals surface area contributed by atoms with Gasteiger partial charge in [0.05, 0.1) is 17.9 Å². The van der Waals surface area contributed by atoms with Crippen LogP contribution in [0.1, 0.15) is 12.8 Å². The number of carbonyl (C=O) groups is 1. The van der Waals surface area contributed by atoms with Gasteiger partial charge < -0.3 is 9.47 Å². The Morgan fingerprint density at radius 3 is 2.50 bits per heavy atom. The number of hydrogen-bond donors (Lipinski definition) is 0. The first-order chi connectivity index (χ1) is 14.5. The van der Waals surface area contributed by atoms with Crippen molar-refractivity contribution in [2.24, 2.45) is 5.92 Å². The van der Waals surface area contributed by atoms with Crippen molar-refractivity contribution in [3.05, 3.63) is 66.7 Å². The Labute approximate surface area is 176 Å². The fourth-order valence-electron chi connectivity index (χ4n) is 3.73. The Kier molecular flexibility index (Phi) is 5.74. The molecule has 0 aliphatic carbocycles. The fraction of sp³-hybridized carbons (Fsp3) is 0.261. The first kappa shape index (κ1) is 20.4. The lowest BCUT2D eigenvalue weighted by molar-refractivity contribution is -0.140. The Bertz CT molecular complexity index is 1150. The zero-order valence-corrected chi connectivity index (χ0v) is 17.5. The smallest absolute Gasteiger partial charge is 0.315 e. The summed E-state index contributed by atoms with van der Waals surface area (Å²) in [6.07, 6.45) is 1.20. The molecule has 1 saturated heterocycles. The summed E-state index contributed by atoms with van der Waals surface area (Å²) in [5, 5.41) is 1.84. The topological polar surface area (TPSA) is 72.9 Å². The van der Waals surface area contributed by atoms with Crippen molar-refractivity contribution in [1.29, 1.82) is 0 Å². The molecule has 0 aromatic heterocycles. The van der Waals surface area contributed by atoms with E-state index in [1.165, 1.54) is 23.5 Å². The standard InChI is InChI=1S/C23H23NO5S/c1-28-19-11-13-20(14-12-19)30(26,27)24-15-5-8-18(16-24)23(25)29-22-10-4-7-17-6-2-3-9-21(17)22/h2-4,6-7,9-14,18H,5,8,15-16H2,1H3. The maximum atomic E-state index is 13.0. The second-order valence-electron chi connectivity index (χ2n) is 7.28. The van der Waals surface area contributed by atoms with E-state index in [1.807, 2.05) is 36.4 Å². The molecule has 0 bridgehead atoms. The summed E-state index contributed by atoms with van der Waals surface area (Å²) in [7, 11) is -2.16. The van der Waals surface area contributed by atoms with Crippen LogP contribution in [0.4, 0.5) is 0 Å². The first-order valence-electron chi connectivity index (χ1n) is 9.83. The van der Waals surface area contributed by atoms with Crippen LogP contribution in [0.2, 0.25) is 0 Å². The number of sulfonamides is 1. The largest absolute Gasteiger partial charge is 0.497 e. The molecular weight excluding hydrogens is 402 g/mol. The maximum Gasteiger partial charge on any atom is 0.315 e. The highest BCUT2D eigenvalue weighted by Crippen LogP contribution is 2.29. The molecule has 0 amide bonds. The van der Waals surface area contributed by atoms with E-state index in [1.54, 1.807) is 18.2 Å². The minimum Gasteiger partial charge on any atom is -0.497 e. The molecule has 6 nitrogen and oxygen atoms in total. The van der Waals surface area contributed by atoms with Gasteiger partial charge in [-0.25, -0.2) is 8.42 Å². The predicted molar refractivity (Wildman–Crippen MR) is 114 cm³/mol. The van der Waals surface area contributed by atoms with Gasteiger partial charge in [0.15, 0.2) is 0 Å². The molecule has 0 spiro atoms. The summed E-state index contributed by atoms with van der Waals surface area (Å²) in [6, 6.07) is 19.5. The summed E-state index contributed by atoms with van der Waals surface area (Å²) < 4.78 is 38.2. The van der Waals surface area contributed by atoms with Crippen molar-refractivity contribution in [2.75, 3.05) is 20.2 Å². The molecule has 3 aromatic carbocycles. The van der Waals surface area contributed by atoms with Crippen LogP contribution in [0.5, 0.6) is 11.5 Å². The molecule has 1 unspecified atom stereocenters. The summed E-state index contributed by atoms with van der Waals surface area (Å²) in [6.45, 7) is 0.490. The lowest BCUT2D eigenvalue weighted by Crippen LogP contribution is -2.43. The zero-order valence-electron chi connectivity index (χ0n) is 16.7. The Hall–Kier alpha value is -2.90. The van der Waals surface area contributed by atoms with Crippen LogP contribution in [0.15, 0.2) is 71.6 Å².